The Balaban J connectivity index is 1.55. The first-order valence-corrected chi connectivity index (χ1v) is 7.35. The fourth-order valence-electron chi connectivity index (χ4n) is 2.53. The van der Waals surface area contributed by atoms with Crippen molar-refractivity contribution in [1.82, 2.24) is 14.7 Å². The maximum absolute atomic E-state index is 11.9. The highest BCUT2D eigenvalue weighted by Crippen LogP contribution is 2.11. The Morgan fingerprint density at radius 3 is 2.82 bits per heavy atom. The molecule has 0 unspecified atom stereocenters. The third-order valence-corrected chi connectivity index (χ3v) is 3.61. The summed E-state index contributed by atoms with van der Waals surface area (Å²) in [7, 11) is 0. The van der Waals surface area contributed by atoms with Gasteiger partial charge in [0, 0.05) is 19.2 Å². The van der Waals surface area contributed by atoms with Crippen molar-refractivity contribution >= 4 is 17.5 Å². The molecule has 0 radical (unpaired) electrons. The molecule has 1 aliphatic heterocycles. The molecule has 0 aliphatic carbocycles. The first kappa shape index (κ1) is 14.3. The maximum Gasteiger partial charge on any atom is 0.244 e. The van der Waals surface area contributed by atoms with Crippen molar-refractivity contribution in [2.24, 2.45) is 0 Å². The van der Waals surface area contributed by atoms with Crippen LogP contribution in [0.2, 0.25) is 0 Å². The van der Waals surface area contributed by atoms with Gasteiger partial charge in [0.15, 0.2) is 0 Å². The van der Waals surface area contributed by atoms with Gasteiger partial charge in [-0.25, -0.2) is 0 Å². The van der Waals surface area contributed by atoms with Crippen molar-refractivity contribution < 1.29 is 9.59 Å². The average molecular weight is 298 g/mol. The Morgan fingerprint density at radius 1 is 1.27 bits per heavy atom. The molecule has 0 saturated carbocycles. The highest BCUT2D eigenvalue weighted by atomic mass is 16.2. The molecule has 2 amide bonds. The molecule has 114 valence electrons. The highest BCUT2D eigenvalue weighted by Gasteiger charge is 2.22. The van der Waals surface area contributed by atoms with Crippen LogP contribution < -0.4 is 5.32 Å². The van der Waals surface area contributed by atoms with E-state index < -0.39 is 0 Å². The number of nitrogens with one attached hydrogen (secondary N) is 1. The van der Waals surface area contributed by atoms with E-state index in [1.54, 1.807) is 22.0 Å². The van der Waals surface area contributed by atoms with Gasteiger partial charge in [0.25, 0.3) is 0 Å². The SMILES string of the molecule is O=C(CN1CCCC1=O)Nc1cnn(Cc2ccccc2)c1. The molecule has 2 aromatic rings. The molecule has 1 saturated heterocycles. The fraction of sp³-hybridized carbons (Fsp3) is 0.312. The number of carbonyl (C=O) groups excluding carboxylic acids is 2. The summed E-state index contributed by atoms with van der Waals surface area (Å²) in [6, 6.07) is 9.99. The molecule has 2 heterocycles. The largest absolute Gasteiger partial charge is 0.333 e. The molecule has 1 aromatic carbocycles. The minimum absolute atomic E-state index is 0.0509. The van der Waals surface area contributed by atoms with Gasteiger partial charge in [0.05, 0.1) is 25.0 Å². The molecule has 0 atom stereocenters. The predicted octanol–water partition coefficient (Wildman–Crippen LogP) is 1.49. The number of amides is 2. The summed E-state index contributed by atoms with van der Waals surface area (Å²) < 4.78 is 1.77. The van der Waals surface area contributed by atoms with Crippen LogP contribution in [-0.4, -0.2) is 39.6 Å². The lowest BCUT2D eigenvalue weighted by atomic mass is 10.2. The average Bonchev–Trinajstić information content (AvgIpc) is 3.10. The molecule has 6 heteroatoms. The second-order valence-corrected chi connectivity index (χ2v) is 5.38. The van der Waals surface area contributed by atoms with Gasteiger partial charge >= 0.3 is 0 Å². The molecule has 0 spiro atoms. The first-order valence-electron chi connectivity index (χ1n) is 7.35. The fourth-order valence-corrected chi connectivity index (χ4v) is 2.53. The zero-order chi connectivity index (χ0) is 15.4. The van der Waals surface area contributed by atoms with E-state index in [1.807, 2.05) is 30.3 Å². The van der Waals surface area contributed by atoms with E-state index in [-0.39, 0.29) is 18.4 Å². The van der Waals surface area contributed by atoms with Gasteiger partial charge in [-0.3, -0.25) is 14.3 Å². The lowest BCUT2D eigenvalue weighted by Gasteiger charge is -2.14. The van der Waals surface area contributed by atoms with Gasteiger partial charge in [-0.05, 0) is 12.0 Å². The van der Waals surface area contributed by atoms with Crippen LogP contribution in [0, 0.1) is 0 Å². The predicted molar refractivity (Wildman–Crippen MR) is 82.2 cm³/mol. The summed E-state index contributed by atoms with van der Waals surface area (Å²) in [6.45, 7) is 1.43. The van der Waals surface area contributed by atoms with Gasteiger partial charge in [-0.15, -0.1) is 0 Å². The van der Waals surface area contributed by atoms with Crippen LogP contribution in [0.3, 0.4) is 0 Å². The summed E-state index contributed by atoms with van der Waals surface area (Å²) in [4.78, 5) is 25.0. The van der Waals surface area contributed by atoms with E-state index >= 15 is 0 Å². The summed E-state index contributed by atoms with van der Waals surface area (Å²) in [6.07, 6.45) is 4.78. The Hall–Kier alpha value is -2.63. The van der Waals surface area contributed by atoms with E-state index in [1.165, 1.54) is 0 Å². The normalized spacial score (nSPS) is 14.4. The molecule has 0 bridgehead atoms. The van der Waals surface area contributed by atoms with Crippen LogP contribution in [0.1, 0.15) is 18.4 Å². The second kappa shape index (κ2) is 6.43. The molecule has 1 aliphatic rings. The third kappa shape index (κ3) is 3.52. The maximum atomic E-state index is 11.9. The zero-order valence-electron chi connectivity index (χ0n) is 12.2. The number of carbonyl (C=O) groups is 2. The van der Waals surface area contributed by atoms with Crippen molar-refractivity contribution in [3.63, 3.8) is 0 Å². The molecular weight excluding hydrogens is 280 g/mol. The van der Waals surface area contributed by atoms with E-state index in [9.17, 15) is 9.59 Å². The van der Waals surface area contributed by atoms with E-state index in [4.69, 9.17) is 0 Å². The molecule has 1 N–H and O–H groups in total. The van der Waals surface area contributed by atoms with Crippen LogP contribution in [0.5, 0.6) is 0 Å². The summed E-state index contributed by atoms with van der Waals surface area (Å²) in [5.74, 6) is -0.135. The lowest BCUT2D eigenvalue weighted by Crippen LogP contribution is -2.33. The zero-order valence-corrected chi connectivity index (χ0v) is 12.2. The Labute approximate surface area is 128 Å². The quantitative estimate of drug-likeness (QED) is 0.909. The van der Waals surface area contributed by atoms with Crippen molar-refractivity contribution in [3.8, 4) is 0 Å². The summed E-state index contributed by atoms with van der Waals surface area (Å²) >= 11 is 0. The van der Waals surface area contributed by atoms with E-state index in [2.05, 4.69) is 10.4 Å². The number of anilines is 1. The van der Waals surface area contributed by atoms with Crippen LogP contribution >= 0.6 is 0 Å². The highest BCUT2D eigenvalue weighted by molar-refractivity contribution is 5.94. The van der Waals surface area contributed by atoms with Gasteiger partial charge < -0.3 is 10.2 Å². The number of likely N-dealkylation sites (tertiary alicyclic amines) is 1. The van der Waals surface area contributed by atoms with Crippen LogP contribution in [0.25, 0.3) is 0 Å². The Bertz CT molecular complexity index is 666. The Kier molecular flexibility index (Phi) is 4.18. The van der Waals surface area contributed by atoms with Crippen LogP contribution in [0.4, 0.5) is 5.69 Å². The van der Waals surface area contributed by atoms with Crippen molar-refractivity contribution in [1.29, 1.82) is 0 Å². The third-order valence-electron chi connectivity index (χ3n) is 3.61. The van der Waals surface area contributed by atoms with Crippen molar-refractivity contribution in [3.05, 3.63) is 48.3 Å². The van der Waals surface area contributed by atoms with E-state index in [0.717, 1.165) is 12.0 Å². The number of nitrogens with zero attached hydrogens (tertiary/aromatic N) is 3. The second-order valence-electron chi connectivity index (χ2n) is 5.38. The number of aromatic nitrogens is 2. The molecule has 3 rings (SSSR count). The standard InChI is InChI=1S/C16H18N4O2/c21-15(12-19-8-4-7-16(19)22)18-14-9-17-20(11-14)10-13-5-2-1-3-6-13/h1-3,5-6,9,11H,4,7-8,10,12H2,(H,18,21). The smallest absolute Gasteiger partial charge is 0.244 e. The number of hydrogen-bond donors (Lipinski definition) is 1. The minimum atomic E-state index is -0.186. The van der Waals surface area contributed by atoms with Gasteiger partial charge in [-0.2, -0.15) is 5.10 Å². The molecule has 6 nitrogen and oxygen atoms in total. The van der Waals surface area contributed by atoms with Gasteiger partial charge in [-0.1, -0.05) is 30.3 Å². The van der Waals surface area contributed by atoms with Gasteiger partial charge in [0.1, 0.15) is 0 Å². The van der Waals surface area contributed by atoms with Crippen molar-refractivity contribution in [2.75, 3.05) is 18.4 Å². The Morgan fingerprint density at radius 2 is 2.09 bits per heavy atom. The molecular formula is C16H18N4O2. The number of hydrogen-bond acceptors (Lipinski definition) is 3. The lowest BCUT2D eigenvalue weighted by molar-refractivity contribution is -0.131. The molecule has 1 aromatic heterocycles. The number of benzene rings is 1. The topological polar surface area (TPSA) is 67.2 Å². The summed E-state index contributed by atoms with van der Waals surface area (Å²) in [5.41, 5.74) is 1.79. The van der Waals surface area contributed by atoms with E-state index in [0.29, 0.717) is 25.2 Å². The summed E-state index contributed by atoms with van der Waals surface area (Å²) in [5, 5.41) is 7.01. The first-order chi connectivity index (χ1) is 10.7. The van der Waals surface area contributed by atoms with Crippen molar-refractivity contribution in [2.45, 2.75) is 19.4 Å². The number of rotatable bonds is 5. The molecule has 1 fully saturated rings. The van der Waals surface area contributed by atoms with Gasteiger partial charge in [0.2, 0.25) is 11.8 Å². The van der Waals surface area contributed by atoms with Crippen LogP contribution in [-0.2, 0) is 16.1 Å². The minimum Gasteiger partial charge on any atom is -0.333 e. The molecule has 22 heavy (non-hydrogen) atoms. The monoisotopic (exact) mass is 298 g/mol. The van der Waals surface area contributed by atoms with Crippen LogP contribution in [0.15, 0.2) is 42.7 Å².